The number of hydrogen-bond donors (Lipinski definition) is 0. The first-order valence-electron chi connectivity index (χ1n) is 7.24. The van der Waals surface area contributed by atoms with Crippen molar-refractivity contribution in [3.05, 3.63) is 59.7 Å². The maximum atomic E-state index is 6.66. The molecule has 0 fully saturated rings. The van der Waals surface area contributed by atoms with Crippen molar-refractivity contribution >= 4 is 17.3 Å². The molecule has 0 spiro atoms. The van der Waals surface area contributed by atoms with E-state index in [0.717, 1.165) is 24.4 Å². The minimum Gasteiger partial charge on any atom is -0.496 e. The lowest BCUT2D eigenvalue weighted by atomic mass is 10.1. The van der Waals surface area contributed by atoms with Gasteiger partial charge in [-0.15, -0.1) is 11.6 Å². The first-order chi connectivity index (χ1) is 10.2. The molecule has 0 radical (unpaired) electrons. The molecule has 0 heterocycles. The van der Waals surface area contributed by atoms with Gasteiger partial charge in [0.1, 0.15) is 5.75 Å². The van der Waals surface area contributed by atoms with E-state index >= 15 is 0 Å². The van der Waals surface area contributed by atoms with Crippen molar-refractivity contribution in [1.29, 1.82) is 0 Å². The third kappa shape index (κ3) is 3.92. The van der Waals surface area contributed by atoms with E-state index in [1.165, 1.54) is 11.3 Å². The fraction of sp³-hybridized carbons (Fsp3) is 0.333. The summed E-state index contributed by atoms with van der Waals surface area (Å²) in [4.78, 5) is 2.28. The molecule has 3 heteroatoms. The number of likely N-dealkylation sites (N-methyl/N-ethyl adjacent to an activating group) is 1. The van der Waals surface area contributed by atoms with Crippen LogP contribution >= 0.6 is 11.6 Å². The Morgan fingerprint density at radius 1 is 1.14 bits per heavy atom. The molecular formula is C18H22ClNO. The summed E-state index contributed by atoms with van der Waals surface area (Å²) in [5.74, 6) is 0.852. The monoisotopic (exact) mass is 303 g/mol. The van der Waals surface area contributed by atoms with Gasteiger partial charge in [-0.05, 0) is 32.0 Å². The van der Waals surface area contributed by atoms with Gasteiger partial charge in [0.2, 0.25) is 0 Å². The Bertz CT molecular complexity index is 571. The predicted octanol–water partition coefficient (Wildman–Crippen LogP) is 4.81. The topological polar surface area (TPSA) is 12.5 Å². The average Bonchev–Trinajstić information content (AvgIpc) is 2.53. The molecule has 0 N–H and O–H groups in total. The second-order valence-electron chi connectivity index (χ2n) is 5.09. The van der Waals surface area contributed by atoms with Crippen molar-refractivity contribution in [1.82, 2.24) is 0 Å². The van der Waals surface area contributed by atoms with Crippen LogP contribution in [0.25, 0.3) is 0 Å². The minimum absolute atomic E-state index is 0.111. The maximum Gasteiger partial charge on any atom is 0.123 e. The first kappa shape index (κ1) is 15.7. The van der Waals surface area contributed by atoms with E-state index in [2.05, 4.69) is 49.1 Å². The van der Waals surface area contributed by atoms with E-state index in [-0.39, 0.29) is 5.38 Å². The highest BCUT2D eigenvalue weighted by Crippen LogP contribution is 2.32. The summed E-state index contributed by atoms with van der Waals surface area (Å²) in [6.07, 6.45) is 0. The van der Waals surface area contributed by atoms with E-state index in [1.54, 1.807) is 7.11 Å². The Labute approximate surface area is 132 Å². The van der Waals surface area contributed by atoms with Crippen molar-refractivity contribution < 1.29 is 4.74 Å². The van der Waals surface area contributed by atoms with Crippen molar-refractivity contribution in [2.75, 3.05) is 25.1 Å². The molecular weight excluding hydrogens is 282 g/mol. The van der Waals surface area contributed by atoms with Crippen LogP contribution in [-0.4, -0.2) is 20.2 Å². The molecule has 0 saturated carbocycles. The first-order valence-corrected chi connectivity index (χ1v) is 7.68. The highest BCUT2D eigenvalue weighted by atomic mass is 35.5. The Morgan fingerprint density at radius 2 is 1.86 bits per heavy atom. The standard InChI is InChI=1S/C18H22ClNO/c1-4-20(15-8-6-5-7-9-15)13-17(19)16-12-14(2)10-11-18(16)21-3/h5-12,17H,4,13H2,1-3H3. The molecule has 0 aliphatic carbocycles. The molecule has 0 saturated heterocycles. The molecule has 1 unspecified atom stereocenters. The van der Waals surface area contributed by atoms with E-state index in [4.69, 9.17) is 16.3 Å². The summed E-state index contributed by atoms with van der Waals surface area (Å²) < 4.78 is 5.44. The van der Waals surface area contributed by atoms with Crippen molar-refractivity contribution in [2.24, 2.45) is 0 Å². The molecule has 0 amide bonds. The number of nitrogens with zero attached hydrogens (tertiary/aromatic N) is 1. The van der Waals surface area contributed by atoms with Gasteiger partial charge in [0, 0.05) is 24.3 Å². The molecule has 0 aromatic heterocycles. The number of anilines is 1. The Balaban J connectivity index is 2.20. The minimum atomic E-state index is -0.111. The highest BCUT2D eigenvalue weighted by molar-refractivity contribution is 6.21. The number of benzene rings is 2. The SMILES string of the molecule is CCN(CC(Cl)c1cc(C)ccc1OC)c1ccccc1. The molecule has 0 bridgehead atoms. The predicted molar refractivity (Wildman–Crippen MR) is 90.7 cm³/mol. The number of para-hydroxylation sites is 1. The molecule has 2 aromatic carbocycles. The molecule has 1 atom stereocenters. The normalized spacial score (nSPS) is 12.0. The largest absolute Gasteiger partial charge is 0.496 e. The van der Waals surface area contributed by atoms with Crippen LogP contribution in [-0.2, 0) is 0 Å². The number of ether oxygens (including phenoxy) is 1. The molecule has 112 valence electrons. The van der Waals surface area contributed by atoms with Gasteiger partial charge >= 0.3 is 0 Å². The zero-order valence-electron chi connectivity index (χ0n) is 12.8. The number of aryl methyl sites for hydroxylation is 1. The molecule has 21 heavy (non-hydrogen) atoms. The van der Waals surface area contributed by atoms with Gasteiger partial charge in [-0.3, -0.25) is 0 Å². The lowest BCUT2D eigenvalue weighted by molar-refractivity contribution is 0.409. The van der Waals surface area contributed by atoms with Crippen LogP contribution in [0.4, 0.5) is 5.69 Å². The number of rotatable bonds is 6. The van der Waals surface area contributed by atoms with Gasteiger partial charge in [-0.2, -0.15) is 0 Å². The molecule has 2 aromatic rings. The maximum absolute atomic E-state index is 6.66. The van der Waals surface area contributed by atoms with E-state index < -0.39 is 0 Å². The van der Waals surface area contributed by atoms with Crippen LogP contribution in [0, 0.1) is 6.92 Å². The molecule has 0 aliphatic heterocycles. The van der Waals surface area contributed by atoms with E-state index in [0.29, 0.717) is 0 Å². The summed E-state index contributed by atoms with van der Waals surface area (Å²) in [6, 6.07) is 16.5. The van der Waals surface area contributed by atoms with Crippen LogP contribution in [0.2, 0.25) is 0 Å². The summed E-state index contributed by atoms with van der Waals surface area (Å²) >= 11 is 6.66. The van der Waals surface area contributed by atoms with Gasteiger partial charge in [-0.1, -0.05) is 35.9 Å². The third-order valence-corrected chi connectivity index (χ3v) is 3.98. The zero-order chi connectivity index (χ0) is 15.2. The van der Waals surface area contributed by atoms with E-state index in [9.17, 15) is 0 Å². The Morgan fingerprint density at radius 3 is 2.48 bits per heavy atom. The van der Waals surface area contributed by atoms with Gasteiger partial charge in [0.25, 0.3) is 0 Å². The van der Waals surface area contributed by atoms with E-state index in [1.807, 2.05) is 18.2 Å². The lowest BCUT2D eigenvalue weighted by Crippen LogP contribution is -2.26. The number of hydrogen-bond acceptors (Lipinski definition) is 2. The summed E-state index contributed by atoms with van der Waals surface area (Å²) in [7, 11) is 1.69. The number of alkyl halides is 1. The smallest absolute Gasteiger partial charge is 0.123 e. The van der Waals surface area contributed by atoms with Gasteiger partial charge in [-0.25, -0.2) is 0 Å². The zero-order valence-corrected chi connectivity index (χ0v) is 13.6. The number of halogens is 1. The fourth-order valence-electron chi connectivity index (χ4n) is 2.45. The van der Waals surface area contributed by atoms with Gasteiger partial charge < -0.3 is 9.64 Å². The second kappa shape index (κ2) is 7.37. The summed E-state index contributed by atoms with van der Waals surface area (Å²) in [5.41, 5.74) is 3.44. The second-order valence-corrected chi connectivity index (χ2v) is 5.61. The van der Waals surface area contributed by atoms with Crippen LogP contribution < -0.4 is 9.64 Å². The molecule has 2 rings (SSSR count). The fourth-order valence-corrected chi connectivity index (χ4v) is 2.78. The quantitative estimate of drug-likeness (QED) is 0.710. The van der Waals surface area contributed by atoms with Gasteiger partial charge in [0.05, 0.1) is 12.5 Å². The van der Waals surface area contributed by atoms with Crippen LogP contribution in [0.3, 0.4) is 0 Å². The van der Waals surface area contributed by atoms with Crippen molar-refractivity contribution in [3.8, 4) is 5.75 Å². The van der Waals surface area contributed by atoms with Crippen LogP contribution in [0.15, 0.2) is 48.5 Å². The summed E-state index contributed by atoms with van der Waals surface area (Å²) in [5, 5.41) is -0.111. The van der Waals surface area contributed by atoms with Crippen LogP contribution in [0.5, 0.6) is 5.75 Å². The van der Waals surface area contributed by atoms with Crippen molar-refractivity contribution in [3.63, 3.8) is 0 Å². The number of methoxy groups -OCH3 is 1. The Kier molecular flexibility index (Phi) is 5.51. The average molecular weight is 304 g/mol. The molecule has 2 nitrogen and oxygen atoms in total. The van der Waals surface area contributed by atoms with Crippen molar-refractivity contribution in [2.45, 2.75) is 19.2 Å². The Hall–Kier alpha value is -1.67. The molecule has 0 aliphatic rings. The lowest BCUT2D eigenvalue weighted by Gasteiger charge is -2.26. The highest BCUT2D eigenvalue weighted by Gasteiger charge is 2.17. The third-order valence-electron chi connectivity index (χ3n) is 3.61. The van der Waals surface area contributed by atoms with Crippen LogP contribution in [0.1, 0.15) is 23.4 Å². The summed E-state index contributed by atoms with van der Waals surface area (Å²) in [6.45, 7) is 5.88. The van der Waals surface area contributed by atoms with Gasteiger partial charge in [0.15, 0.2) is 0 Å².